The Balaban J connectivity index is 0.00000200. The SMILES string of the molecule is CNC(C)Cc1noc(-c2c[nH]c(=O)n(C)c2=O)n1.Cl. The highest BCUT2D eigenvalue weighted by molar-refractivity contribution is 5.85. The molecule has 1 unspecified atom stereocenters. The maximum atomic E-state index is 11.9. The molecule has 0 radical (unpaired) electrons. The second-order valence-electron chi connectivity index (χ2n) is 4.28. The Labute approximate surface area is 120 Å². The Morgan fingerprint density at radius 1 is 1.50 bits per heavy atom. The second kappa shape index (κ2) is 6.49. The molecule has 0 spiro atoms. The van der Waals surface area contributed by atoms with Crippen LogP contribution in [0.25, 0.3) is 11.5 Å². The molecule has 2 aromatic heterocycles. The zero-order valence-corrected chi connectivity index (χ0v) is 12.2. The van der Waals surface area contributed by atoms with E-state index >= 15 is 0 Å². The third-order valence-electron chi connectivity index (χ3n) is 2.86. The Hall–Kier alpha value is -1.93. The van der Waals surface area contributed by atoms with Gasteiger partial charge in [-0.2, -0.15) is 4.98 Å². The molecule has 0 amide bonds. The number of likely N-dealkylation sites (N-methyl/N-ethyl adjacent to an activating group) is 1. The summed E-state index contributed by atoms with van der Waals surface area (Å²) in [6.45, 7) is 1.98. The summed E-state index contributed by atoms with van der Waals surface area (Å²) >= 11 is 0. The van der Waals surface area contributed by atoms with Crippen LogP contribution in [0.4, 0.5) is 0 Å². The van der Waals surface area contributed by atoms with Gasteiger partial charge in [0.05, 0.1) is 0 Å². The molecule has 0 aliphatic rings. The molecule has 0 bridgehead atoms. The predicted molar refractivity (Wildman–Crippen MR) is 75.1 cm³/mol. The van der Waals surface area contributed by atoms with Crippen molar-refractivity contribution in [3.8, 4) is 11.5 Å². The lowest BCUT2D eigenvalue weighted by Crippen LogP contribution is -2.33. The van der Waals surface area contributed by atoms with Gasteiger partial charge in [0, 0.05) is 25.7 Å². The van der Waals surface area contributed by atoms with E-state index in [9.17, 15) is 9.59 Å². The topological polar surface area (TPSA) is 106 Å². The first-order valence-corrected chi connectivity index (χ1v) is 5.82. The largest absolute Gasteiger partial charge is 0.334 e. The molecule has 9 heteroatoms. The lowest BCUT2D eigenvalue weighted by molar-refractivity contribution is 0.417. The summed E-state index contributed by atoms with van der Waals surface area (Å²) in [5, 5.41) is 6.86. The van der Waals surface area contributed by atoms with E-state index < -0.39 is 11.2 Å². The molecule has 1 atom stereocenters. The summed E-state index contributed by atoms with van der Waals surface area (Å²) in [5.74, 6) is 0.611. The summed E-state index contributed by atoms with van der Waals surface area (Å²) in [4.78, 5) is 29.7. The van der Waals surface area contributed by atoms with Gasteiger partial charge in [-0.3, -0.25) is 9.36 Å². The van der Waals surface area contributed by atoms with Crippen molar-refractivity contribution in [2.24, 2.45) is 7.05 Å². The molecule has 8 nitrogen and oxygen atoms in total. The Kier molecular flexibility index (Phi) is 5.23. The van der Waals surface area contributed by atoms with Crippen LogP contribution in [0.2, 0.25) is 0 Å². The predicted octanol–water partition coefficient (Wildman–Crippen LogP) is -0.304. The quantitative estimate of drug-likeness (QED) is 0.803. The van der Waals surface area contributed by atoms with Crippen molar-refractivity contribution in [1.82, 2.24) is 25.0 Å². The number of nitrogens with zero attached hydrogens (tertiary/aromatic N) is 3. The summed E-state index contributed by atoms with van der Waals surface area (Å²) in [6.07, 6.45) is 1.87. The summed E-state index contributed by atoms with van der Waals surface area (Å²) < 4.78 is 6.00. The second-order valence-corrected chi connectivity index (χ2v) is 4.28. The number of aromatic nitrogens is 4. The van der Waals surface area contributed by atoms with Crippen LogP contribution in [0.5, 0.6) is 0 Å². The zero-order chi connectivity index (χ0) is 14.0. The Bertz CT molecular complexity index is 690. The average Bonchev–Trinajstić information content (AvgIpc) is 2.84. The minimum atomic E-state index is -0.489. The van der Waals surface area contributed by atoms with Crippen LogP contribution < -0.4 is 16.6 Å². The number of nitrogens with one attached hydrogen (secondary N) is 2. The van der Waals surface area contributed by atoms with Crippen molar-refractivity contribution >= 4 is 12.4 Å². The van der Waals surface area contributed by atoms with Crippen LogP contribution >= 0.6 is 12.4 Å². The van der Waals surface area contributed by atoms with Crippen LogP contribution in [0, 0.1) is 0 Å². The van der Waals surface area contributed by atoms with Gasteiger partial charge in [0.1, 0.15) is 5.56 Å². The van der Waals surface area contributed by atoms with Gasteiger partial charge in [0.15, 0.2) is 5.82 Å². The smallest absolute Gasteiger partial charge is 0.328 e. The van der Waals surface area contributed by atoms with E-state index in [1.807, 2.05) is 14.0 Å². The van der Waals surface area contributed by atoms with E-state index in [0.29, 0.717) is 12.2 Å². The lowest BCUT2D eigenvalue weighted by atomic mass is 10.2. The molecule has 0 aliphatic heterocycles. The Morgan fingerprint density at radius 3 is 2.85 bits per heavy atom. The molecule has 0 aliphatic carbocycles. The number of hydrogen-bond donors (Lipinski definition) is 2. The monoisotopic (exact) mass is 301 g/mol. The molecule has 2 aromatic rings. The fourth-order valence-corrected chi connectivity index (χ4v) is 1.54. The third kappa shape index (κ3) is 3.14. The minimum Gasteiger partial charge on any atom is -0.334 e. The van der Waals surface area contributed by atoms with Crippen LogP contribution in [0.15, 0.2) is 20.3 Å². The van der Waals surface area contributed by atoms with E-state index in [1.54, 1.807) is 0 Å². The molecular formula is C11H16ClN5O3. The average molecular weight is 302 g/mol. The van der Waals surface area contributed by atoms with E-state index in [1.165, 1.54) is 13.2 Å². The molecule has 2 N–H and O–H groups in total. The summed E-state index contributed by atoms with van der Waals surface area (Å²) in [7, 11) is 3.22. The number of H-pyrrole nitrogens is 1. The highest BCUT2D eigenvalue weighted by Crippen LogP contribution is 2.11. The van der Waals surface area contributed by atoms with Crippen molar-refractivity contribution in [3.05, 3.63) is 32.9 Å². The van der Waals surface area contributed by atoms with Crippen molar-refractivity contribution in [3.63, 3.8) is 0 Å². The third-order valence-corrected chi connectivity index (χ3v) is 2.86. The zero-order valence-electron chi connectivity index (χ0n) is 11.3. The maximum Gasteiger partial charge on any atom is 0.328 e. The maximum absolute atomic E-state index is 11.9. The number of hydrogen-bond acceptors (Lipinski definition) is 6. The number of halogens is 1. The molecule has 110 valence electrons. The fraction of sp³-hybridized carbons (Fsp3) is 0.455. The van der Waals surface area contributed by atoms with Gasteiger partial charge in [0.25, 0.3) is 11.4 Å². The van der Waals surface area contributed by atoms with Gasteiger partial charge in [-0.15, -0.1) is 12.4 Å². The first kappa shape index (κ1) is 16.1. The molecule has 0 fully saturated rings. The highest BCUT2D eigenvalue weighted by atomic mass is 35.5. The first-order valence-electron chi connectivity index (χ1n) is 5.82. The van der Waals surface area contributed by atoms with Gasteiger partial charge in [-0.05, 0) is 14.0 Å². The summed E-state index contributed by atoms with van der Waals surface area (Å²) in [5.41, 5.74) is -0.782. The normalized spacial score (nSPS) is 11.9. The molecule has 0 saturated heterocycles. The first-order chi connectivity index (χ1) is 9.02. The number of rotatable bonds is 4. The van der Waals surface area contributed by atoms with Gasteiger partial charge in [-0.1, -0.05) is 5.16 Å². The minimum absolute atomic E-state index is 0. The van der Waals surface area contributed by atoms with E-state index in [4.69, 9.17) is 4.52 Å². The molecular weight excluding hydrogens is 286 g/mol. The van der Waals surface area contributed by atoms with Crippen LogP contribution in [-0.4, -0.2) is 32.8 Å². The van der Waals surface area contributed by atoms with Crippen molar-refractivity contribution in [1.29, 1.82) is 0 Å². The van der Waals surface area contributed by atoms with Crippen LogP contribution in [-0.2, 0) is 13.5 Å². The fourth-order valence-electron chi connectivity index (χ4n) is 1.54. The van der Waals surface area contributed by atoms with Gasteiger partial charge >= 0.3 is 5.69 Å². The standard InChI is InChI=1S/C11H15N5O3.ClH/c1-6(12-2)4-8-14-9(19-15-8)7-5-13-11(18)16(3)10(7)17;/h5-6,12H,4H2,1-3H3,(H,13,18);1H. The van der Waals surface area contributed by atoms with Gasteiger partial charge in [-0.25, -0.2) is 4.79 Å². The van der Waals surface area contributed by atoms with Crippen molar-refractivity contribution in [2.75, 3.05) is 7.05 Å². The van der Waals surface area contributed by atoms with Gasteiger partial charge in [0.2, 0.25) is 0 Å². The van der Waals surface area contributed by atoms with E-state index in [2.05, 4.69) is 20.4 Å². The lowest BCUT2D eigenvalue weighted by Gasteiger charge is -2.04. The van der Waals surface area contributed by atoms with Crippen molar-refractivity contribution in [2.45, 2.75) is 19.4 Å². The van der Waals surface area contributed by atoms with E-state index in [0.717, 1.165) is 4.57 Å². The molecule has 2 rings (SSSR count). The number of aromatic amines is 1. The van der Waals surface area contributed by atoms with Crippen LogP contribution in [0.1, 0.15) is 12.7 Å². The Morgan fingerprint density at radius 2 is 2.20 bits per heavy atom. The van der Waals surface area contributed by atoms with Crippen molar-refractivity contribution < 1.29 is 4.52 Å². The summed E-state index contributed by atoms with van der Waals surface area (Å²) in [6, 6.07) is 0.198. The molecule has 2 heterocycles. The molecule has 0 saturated carbocycles. The van der Waals surface area contributed by atoms with E-state index in [-0.39, 0.29) is 29.9 Å². The molecule has 0 aromatic carbocycles. The molecule has 20 heavy (non-hydrogen) atoms. The van der Waals surface area contributed by atoms with Gasteiger partial charge < -0.3 is 14.8 Å². The highest BCUT2D eigenvalue weighted by Gasteiger charge is 2.15. The van der Waals surface area contributed by atoms with Crippen LogP contribution in [0.3, 0.4) is 0 Å².